The number of ether oxygens (including phenoxy) is 3. The van der Waals surface area contributed by atoms with E-state index >= 15 is 4.79 Å². The minimum absolute atomic E-state index is 0.0333. The monoisotopic (exact) mass is 990 g/mol. The van der Waals surface area contributed by atoms with Crippen LogP contribution in [0.3, 0.4) is 0 Å². The second kappa shape index (κ2) is 18.6. The predicted molar refractivity (Wildman–Crippen MR) is 263 cm³/mol. The zero-order valence-electron chi connectivity index (χ0n) is 40.2. The van der Waals surface area contributed by atoms with Gasteiger partial charge in [0.1, 0.15) is 23.9 Å². The summed E-state index contributed by atoms with van der Waals surface area (Å²) in [6.45, 7) is 8.58. The molecule has 69 heavy (non-hydrogen) atoms. The molecule has 2 aromatic carbocycles. The molecule has 1 unspecified atom stereocenters. The van der Waals surface area contributed by atoms with Crippen LogP contribution in [0.4, 0.5) is 10.5 Å². The van der Waals surface area contributed by atoms with Crippen LogP contribution in [-0.4, -0.2) is 161 Å². The molecule has 5 aliphatic heterocycles. The van der Waals surface area contributed by atoms with Crippen molar-refractivity contribution in [2.45, 2.75) is 99.5 Å². The number of fused-ring (bicyclic) bond motifs is 6. The largest absolute Gasteiger partial charge is 0.496 e. The number of methoxy groups -OCH3 is 2. The number of carboxylic acid groups (broad SMARTS) is 1. The number of rotatable bonds is 13. The van der Waals surface area contributed by atoms with Crippen LogP contribution in [0.5, 0.6) is 5.75 Å². The normalized spacial score (nSPS) is 33.7. The lowest BCUT2D eigenvalue weighted by molar-refractivity contribution is -0.204. The van der Waals surface area contributed by atoms with Crippen molar-refractivity contribution in [2.75, 3.05) is 77.0 Å². The van der Waals surface area contributed by atoms with Crippen LogP contribution in [0.15, 0.2) is 48.6 Å². The number of carbonyl (C=O) groups excluding carboxylic acids is 3. The Kier molecular flexibility index (Phi) is 13.3. The smallest absolute Gasteiger partial charge is 0.426 e. The topological polar surface area (TPSA) is 226 Å². The van der Waals surface area contributed by atoms with Crippen LogP contribution in [0.25, 0.3) is 10.9 Å². The molecule has 3 fully saturated rings. The summed E-state index contributed by atoms with van der Waals surface area (Å²) in [6, 6.07) is 10.5. The number of aliphatic hydroxyl groups is 3. The molecule has 2 saturated heterocycles. The Balaban J connectivity index is 1.16. The molecule has 11 atom stereocenters. The first-order valence-corrected chi connectivity index (χ1v) is 26.6. The van der Waals surface area contributed by atoms with Crippen molar-refractivity contribution in [1.29, 1.82) is 0 Å². The van der Waals surface area contributed by atoms with Gasteiger partial charge >= 0.3 is 18.0 Å². The third-order valence-corrected chi connectivity index (χ3v) is 19.2. The maximum Gasteiger partial charge on any atom is 0.426 e. The number of aromatic nitrogens is 1. The van der Waals surface area contributed by atoms with E-state index in [0.717, 1.165) is 22.0 Å². The van der Waals surface area contributed by atoms with Gasteiger partial charge in [0.25, 0.3) is 5.91 Å². The molecule has 0 radical (unpaired) electrons. The number of carbonyl (C=O) groups is 4. The molecule has 1 aromatic heterocycles. The van der Waals surface area contributed by atoms with Gasteiger partial charge in [0, 0.05) is 95.5 Å². The molecule has 1 spiro atoms. The van der Waals surface area contributed by atoms with Crippen LogP contribution in [0, 0.1) is 17.3 Å². The van der Waals surface area contributed by atoms with E-state index in [0.29, 0.717) is 99.0 Å². The number of benzene rings is 2. The lowest BCUT2D eigenvalue weighted by atomic mass is 9.47. The molecule has 374 valence electrons. The molecule has 1 saturated carbocycles. The Labute approximate surface area is 410 Å². The van der Waals surface area contributed by atoms with Gasteiger partial charge in [0.05, 0.1) is 31.8 Å². The molecule has 2 bridgehead atoms. The standard InChI is InChI=1S/C50H66N6O11S2/c1-7-46(63)24-30-25-49(44(61)66-6,38-32(14-18-55(26-30)28-46)31-12-9-10-13-35(31)51-38)34-22-33-36(23-37(34)65-5)54(4)41-48(33)16-19-56-17-11-15-47(8-2,40(48)56)42(59)50(41,64)43(60)52-53-45(62)67-20-21-68-69-27-29(3)39(57)58/h9-13,15,22-23,29-30,40-42,51,59,63-64H,7-8,14,16-21,24-28H2,1-6H3,(H,52,60)(H,53,62)(H,57,58)/t29-,30+,40-,41+,42+,46-,47+,48+,49-,50-/m0/s1. The van der Waals surface area contributed by atoms with Gasteiger partial charge in [0.2, 0.25) is 0 Å². The second-order valence-corrected chi connectivity index (χ2v) is 22.8. The lowest BCUT2D eigenvalue weighted by Crippen LogP contribution is -2.82. The van der Waals surface area contributed by atoms with Gasteiger partial charge in [-0.3, -0.25) is 29.6 Å². The van der Waals surface area contributed by atoms with E-state index in [-0.39, 0.29) is 18.9 Å². The third-order valence-electron chi connectivity index (χ3n) is 16.7. The fourth-order valence-electron chi connectivity index (χ4n) is 13.7. The van der Waals surface area contributed by atoms with Crippen LogP contribution < -0.4 is 20.5 Å². The van der Waals surface area contributed by atoms with E-state index in [1.807, 2.05) is 61.2 Å². The number of hydrogen-bond acceptors (Lipinski definition) is 15. The van der Waals surface area contributed by atoms with Crippen molar-refractivity contribution in [2.24, 2.45) is 17.3 Å². The zero-order valence-corrected chi connectivity index (χ0v) is 41.8. The Morgan fingerprint density at radius 3 is 2.51 bits per heavy atom. The number of carboxylic acids is 1. The van der Waals surface area contributed by atoms with E-state index < -0.39 is 75.5 Å². The number of H-pyrrole nitrogens is 1. The summed E-state index contributed by atoms with van der Waals surface area (Å²) >= 11 is 0. The van der Waals surface area contributed by atoms with Crippen molar-refractivity contribution < 1.29 is 53.8 Å². The highest BCUT2D eigenvalue weighted by Crippen LogP contribution is 2.67. The molecule has 7 N–H and O–H groups in total. The number of aromatic amines is 1. The van der Waals surface area contributed by atoms with Gasteiger partial charge in [-0.25, -0.2) is 10.2 Å². The number of amides is 2. The van der Waals surface area contributed by atoms with Crippen molar-refractivity contribution in [1.82, 2.24) is 25.6 Å². The molecule has 19 heteroatoms. The van der Waals surface area contributed by atoms with Crippen molar-refractivity contribution in [3.63, 3.8) is 0 Å². The average molecular weight is 991 g/mol. The van der Waals surface area contributed by atoms with Crippen LogP contribution in [0.2, 0.25) is 0 Å². The summed E-state index contributed by atoms with van der Waals surface area (Å²) in [5.41, 5.74) is 2.12. The summed E-state index contributed by atoms with van der Waals surface area (Å²) in [7, 11) is 7.48. The van der Waals surface area contributed by atoms with E-state index in [2.05, 4.69) is 31.7 Å². The SMILES string of the molecule is CC[C@]1(O)C[C@H]2CN(CCc3c([nH]c4ccccc34)[C@@](C(=O)OC)(c3cc4c(cc3OC)N(C)[C@H]3[C@@](O)(C(=O)NNC(=O)OCCSSC[C@H](C)C(=O)O)[C@H](O)[C@]5(CC)C=CCN6CC[C@]43[C@@H]65)C2)C1. The minimum atomic E-state index is -2.54. The van der Waals surface area contributed by atoms with Crippen LogP contribution in [0.1, 0.15) is 75.3 Å². The highest BCUT2D eigenvalue weighted by atomic mass is 33.1. The Bertz CT molecular complexity index is 2540. The third kappa shape index (κ3) is 7.62. The highest BCUT2D eigenvalue weighted by molar-refractivity contribution is 8.76. The van der Waals surface area contributed by atoms with Gasteiger partial charge < -0.3 is 44.5 Å². The van der Waals surface area contributed by atoms with Gasteiger partial charge in [-0.15, -0.1) is 0 Å². The first-order valence-electron chi connectivity index (χ1n) is 24.1. The molecule has 9 rings (SSSR count). The number of hydrazine groups is 1. The molecule has 17 nitrogen and oxygen atoms in total. The number of aliphatic hydroxyl groups excluding tert-OH is 1. The summed E-state index contributed by atoms with van der Waals surface area (Å²) < 4.78 is 17.6. The second-order valence-electron chi connectivity index (χ2n) is 20.2. The lowest BCUT2D eigenvalue weighted by Gasteiger charge is -2.63. The van der Waals surface area contributed by atoms with E-state index in [1.54, 1.807) is 21.1 Å². The van der Waals surface area contributed by atoms with E-state index in [4.69, 9.17) is 19.3 Å². The molecule has 2 amide bonds. The Morgan fingerprint density at radius 1 is 1.00 bits per heavy atom. The van der Waals surface area contributed by atoms with Crippen LogP contribution in [-0.2, 0) is 41.1 Å². The highest BCUT2D eigenvalue weighted by Gasteiger charge is 2.79. The molecular weight excluding hydrogens is 925 g/mol. The van der Waals surface area contributed by atoms with Gasteiger partial charge in [-0.2, -0.15) is 0 Å². The fourth-order valence-corrected chi connectivity index (χ4v) is 15.9. The molecule has 1 aliphatic carbocycles. The number of esters is 1. The van der Waals surface area contributed by atoms with Gasteiger partial charge in [-0.1, -0.05) is 72.7 Å². The minimum Gasteiger partial charge on any atom is -0.496 e. The number of nitrogens with zero attached hydrogens (tertiary/aromatic N) is 3. The average Bonchev–Trinajstić information content (AvgIpc) is 4.01. The maximum atomic E-state index is 15.4. The van der Waals surface area contributed by atoms with Crippen LogP contribution >= 0.6 is 21.6 Å². The predicted octanol–water partition coefficient (Wildman–Crippen LogP) is 4.11. The first kappa shape index (κ1) is 49.5. The van der Waals surface area contributed by atoms with Gasteiger partial charge in [0.15, 0.2) is 5.60 Å². The number of aliphatic carboxylic acids is 1. The zero-order chi connectivity index (χ0) is 49.3. The van der Waals surface area contributed by atoms with Crippen molar-refractivity contribution in [3.05, 3.63) is 70.9 Å². The molecular formula is C50H66N6O11S2. The van der Waals surface area contributed by atoms with Crippen molar-refractivity contribution >= 4 is 62.1 Å². The van der Waals surface area contributed by atoms with E-state index in [9.17, 15) is 29.7 Å². The molecule has 6 aliphatic rings. The maximum absolute atomic E-state index is 15.4. The number of anilines is 1. The number of piperidine rings is 1. The summed E-state index contributed by atoms with van der Waals surface area (Å²) in [5.74, 6) is -1.93. The number of nitrogens with one attached hydrogen (secondary N) is 3. The fraction of sp³-hybridized carbons (Fsp3) is 0.600. The molecule has 3 aromatic rings. The van der Waals surface area contributed by atoms with Gasteiger partial charge in [-0.05, 0) is 74.2 Å². The number of hydrogen-bond donors (Lipinski definition) is 7. The number of para-hydroxylation sites is 1. The molecule has 6 heterocycles. The summed E-state index contributed by atoms with van der Waals surface area (Å²) in [6.07, 6.45) is 4.07. The van der Waals surface area contributed by atoms with E-state index in [1.165, 1.54) is 28.7 Å². The first-order chi connectivity index (χ1) is 33.0. The Morgan fingerprint density at radius 2 is 1.78 bits per heavy atom. The quantitative estimate of drug-likeness (QED) is 0.0421. The van der Waals surface area contributed by atoms with Crippen molar-refractivity contribution in [3.8, 4) is 5.75 Å². The summed E-state index contributed by atoms with van der Waals surface area (Å²) in [5, 5.41) is 48.4. The number of likely N-dealkylation sites (N-methyl/N-ethyl adjacent to an activating group) is 1. The Hall–Kier alpha value is -4.50. The summed E-state index contributed by atoms with van der Waals surface area (Å²) in [4.78, 5) is 64.7.